The summed E-state index contributed by atoms with van der Waals surface area (Å²) in [7, 11) is -7.80. The molecule has 0 bridgehead atoms. The number of benzene rings is 1. The first-order valence-electron chi connectivity index (χ1n) is 6.33. The van der Waals surface area contributed by atoms with Crippen molar-refractivity contribution in [3.8, 4) is 0 Å². The summed E-state index contributed by atoms with van der Waals surface area (Å²) in [4.78, 5) is 0.494. The van der Waals surface area contributed by atoms with Crippen molar-refractivity contribution in [3.05, 3.63) is 34.7 Å². The van der Waals surface area contributed by atoms with E-state index in [9.17, 15) is 26.3 Å². The number of rotatable bonds is 1. The number of hydrogen-bond acceptors (Lipinski definition) is 3. The molecule has 1 heterocycles. The van der Waals surface area contributed by atoms with Gasteiger partial charge >= 0.3 is 11.0 Å². The van der Waals surface area contributed by atoms with E-state index < -0.39 is 31.6 Å². The Morgan fingerprint density at radius 2 is 1.58 bits per heavy atom. The lowest BCUT2D eigenvalue weighted by atomic mass is 10.2. The third-order valence-corrected chi connectivity index (χ3v) is 5.59. The molecule has 3 nitrogen and oxygen atoms in total. The van der Waals surface area contributed by atoms with Crippen LogP contribution in [0.3, 0.4) is 0 Å². The molecule has 1 aromatic carbocycles. The number of aryl methyl sites for hydroxylation is 2. The standard InChI is InChI=1S/C12H12F3S.CHF3O3S/c1-3-10-7-9-5-4-8(2)6-11(9)16(10)12(13,14)15;2-1(3,4)8(5,6)7/h4-7H,3H2,1-2H3;(H,5,6,7)/q+1;/p-1. The van der Waals surface area contributed by atoms with E-state index in [1.165, 1.54) is 0 Å². The Labute approximate surface area is 136 Å². The quantitative estimate of drug-likeness (QED) is 0.296. The fraction of sp³-hybridized carbons (Fsp3) is 0.385. The third kappa shape index (κ3) is 4.84. The first-order valence-corrected chi connectivity index (χ1v) is 8.96. The average Bonchev–Trinajstić information content (AvgIpc) is 2.74. The maximum atomic E-state index is 13.0. The summed E-state index contributed by atoms with van der Waals surface area (Å²) in [6, 6.07) is 6.97. The van der Waals surface area contributed by atoms with E-state index in [0.717, 1.165) is 10.9 Å². The van der Waals surface area contributed by atoms with Gasteiger partial charge in [-0.05, 0) is 18.6 Å². The molecule has 24 heavy (non-hydrogen) atoms. The molecule has 2 rings (SSSR count). The zero-order valence-corrected chi connectivity index (χ0v) is 14.0. The second-order valence-corrected chi connectivity index (χ2v) is 8.07. The highest BCUT2D eigenvalue weighted by molar-refractivity contribution is 7.86. The monoisotopic (exact) mass is 394 g/mol. The van der Waals surface area contributed by atoms with E-state index >= 15 is 0 Å². The zero-order valence-electron chi connectivity index (χ0n) is 12.3. The van der Waals surface area contributed by atoms with Crippen LogP contribution in [0.25, 0.3) is 10.1 Å². The van der Waals surface area contributed by atoms with Gasteiger partial charge in [0.15, 0.2) is 19.7 Å². The van der Waals surface area contributed by atoms with Crippen molar-refractivity contribution in [2.45, 2.75) is 31.3 Å². The molecule has 11 heteroatoms. The minimum Gasteiger partial charge on any atom is -0.741 e. The summed E-state index contributed by atoms with van der Waals surface area (Å²) in [5, 5.41) is 0.725. The van der Waals surface area contributed by atoms with Gasteiger partial charge < -0.3 is 4.55 Å². The molecule has 0 aliphatic heterocycles. The molecule has 0 saturated heterocycles. The van der Waals surface area contributed by atoms with Crippen molar-refractivity contribution >= 4 is 30.7 Å². The van der Waals surface area contributed by atoms with Gasteiger partial charge in [-0.2, -0.15) is 13.2 Å². The Morgan fingerprint density at radius 1 is 1.08 bits per heavy atom. The number of halogens is 6. The van der Waals surface area contributed by atoms with Crippen molar-refractivity contribution in [1.82, 2.24) is 0 Å². The maximum Gasteiger partial charge on any atom is 0.600 e. The lowest BCUT2D eigenvalue weighted by Gasteiger charge is -2.08. The van der Waals surface area contributed by atoms with E-state index in [2.05, 4.69) is 0 Å². The molecule has 0 saturated carbocycles. The second-order valence-electron chi connectivity index (χ2n) is 4.66. The van der Waals surface area contributed by atoms with Crippen LogP contribution in [0.4, 0.5) is 26.3 Å². The molecule has 0 spiro atoms. The number of hydrogen-bond donors (Lipinski definition) is 0. The lowest BCUT2D eigenvalue weighted by molar-refractivity contribution is -0.0867. The Bertz CT molecular complexity index is 819. The maximum absolute atomic E-state index is 13.0. The van der Waals surface area contributed by atoms with Gasteiger partial charge in [0.2, 0.25) is 0 Å². The molecular weight excluding hydrogens is 382 g/mol. The molecule has 0 fully saturated rings. The van der Waals surface area contributed by atoms with Gasteiger partial charge in [0.05, 0.1) is 10.5 Å². The number of thiophene rings is 1. The van der Waals surface area contributed by atoms with Crippen LogP contribution < -0.4 is 0 Å². The fourth-order valence-electron chi connectivity index (χ4n) is 1.83. The van der Waals surface area contributed by atoms with Gasteiger partial charge in [-0.3, -0.25) is 0 Å². The summed E-state index contributed by atoms with van der Waals surface area (Å²) < 4.78 is 98.3. The van der Waals surface area contributed by atoms with Crippen LogP contribution >= 0.6 is 10.5 Å². The van der Waals surface area contributed by atoms with E-state index in [4.69, 9.17) is 13.0 Å². The third-order valence-electron chi connectivity index (χ3n) is 2.83. The van der Waals surface area contributed by atoms with Gasteiger partial charge in [0, 0.05) is 23.9 Å². The van der Waals surface area contributed by atoms with Crippen LogP contribution in [0.1, 0.15) is 17.4 Å². The molecule has 0 aliphatic rings. The van der Waals surface area contributed by atoms with Crippen molar-refractivity contribution in [2.75, 3.05) is 0 Å². The van der Waals surface area contributed by atoms with E-state index in [-0.39, 0.29) is 0 Å². The highest BCUT2D eigenvalue weighted by Crippen LogP contribution is 2.51. The molecular formula is C13H12F6O3S2. The number of alkyl halides is 6. The molecule has 0 N–H and O–H groups in total. The fourth-order valence-corrected chi connectivity index (χ4v) is 3.86. The Balaban J connectivity index is 0.000000307. The normalized spacial score (nSPS) is 13.6. The van der Waals surface area contributed by atoms with E-state index in [1.807, 2.05) is 13.0 Å². The van der Waals surface area contributed by atoms with Crippen molar-refractivity contribution < 1.29 is 39.3 Å². The highest BCUT2D eigenvalue weighted by atomic mass is 32.2. The summed E-state index contributed by atoms with van der Waals surface area (Å²) in [5.41, 5.74) is -8.92. The minimum absolute atomic E-state index is 0.435. The van der Waals surface area contributed by atoms with Crippen LogP contribution in [-0.4, -0.2) is 18.5 Å². The van der Waals surface area contributed by atoms with Crippen molar-refractivity contribution in [1.29, 1.82) is 0 Å². The molecule has 0 aliphatic carbocycles. The Morgan fingerprint density at radius 3 is 1.96 bits per heavy atom. The predicted molar refractivity (Wildman–Crippen MR) is 77.6 cm³/mol. The van der Waals surface area contributed by atoms with Gasteiger partial charge in [-0.25, -0.2) is 8.42 Å². The SMILES string of the molecule is CCc1cc2ccc(C)cc2[s+]1C(F)(F)F.O=S(=O)([O-])C(F)(F)F. The lowest BCUT2D eigenvalue weighted by Crippen LogP contribution is -2.21. The average molecular weight is 394 g/mol. The Kier molecular flexibility index (Phi) is 5.94. The predicted octanol–water partition coefficient (Wildman–Crippen LogP) is 4.99. The zero-order chi connectivity index (χ0) is 18.9. The molecule has 1 aromatic heterocycles. The van der Waals surface area contributed by atoms with Crippen molar-refractivity contribution in [2.24, 2.45) is 0 Å². The largest absolute Gasteiger partial charge is 0.741 e. The van der Waals surface area contributed by atoms with Crippen LogP contribution in [-0.2, 0) is 22.0 Å². The first-order chi connectivity index (χ1) is 10.7. The van der Waals surface area contributed by atoms with Crippen molar-refractivity contribution in [3.63, 3.8) is 0 Å². The van der Waals surface area contributed by atoms with Gasteiger partial charge in [0.1, 0.15) is 0 Å². The molecule has 0 radical (unpaired) electrons. The van der Waals surface area contributed by atoms with E-state index in [1.54, 1.807) is 25.1 Å². The summed E-state index contributed by atoms with van der Waals surface area (Å²) in [5.74, 6) is 0. The van der Waals surface area contributed by atoms with Crippen LogP contribution in [0.5, 0.6) is 0 Å². The number of fused-ring (bicyclic) bond motifs is 1. The van der Waals surface area contributed by atoms with E-state index in [0.29, 0.717) is 16.0 Å². The van der Waals surface area contributed by atoms with Gasteiger partial charge in [-0.1, -0.05) is 13.0 Å². The molecule has 136 valence electrons. The van der Waals surface area contributed by atoms with Crippen LogP contribution in [0.2, 0.25) is 0 Å². The summed E-state index contributed by atoms with van der Waals surface area (Å²) >= 11 is 0. The molecule has 1 unspecified atom stereocenters. The van der Waals surface area contributed by atoms with Crippen LogP contribution in [0.15, 0.2) is 24.3 Å². The molecule has 2 aromatic rings. The second kappa shape index (κ2) is 6.89. The highest BCUT2D eigenvalue weighted by Gasteiger charge is 2.47. The molecule has 0 amide bonds. The Hall–Kier alpha value is -1.33. The summed E-state index contributed by atoms with van der Waals surface area (Å²) in [6.45, 7) is 3.60. The smallest absolute Gasteiger partial charge is 0.600 e. The molecule has 1 atom stereocenters. The first kappa shape index (κ1) is 20.7. The van der Waals surface area contributed by atoms with Crippen LogP contribution in [0, 0.1) is 6.92 Å². The van der Waals surface area contributed by atoms with Gasteiger partial charge in [-0.15, -0.1) is 13.2 Å². The van der Waals surface area contributed by atoms with Gasteiger partial charge in [0.25, 0.3) is 0 Å². The minimum atomic E-state index is -6.09. The summed E-state index contributed by atoms with van der Waals surface area (Å²) in [6.07, 6.45) is 0.455. The topological polar surface area (TPSA) is 57.2 Å².